The van der Waals surface area contributed by atoms with E-state index < -0.39 is 54.5 Å². The second kappa shape index (κ2) is 17.2. The molecule has 0 spiro atoms. The minimum atomic E-state index is -1.76. The largest absolute Gasteiger partial charge is 0.445 e. The summed E-state index contributed by atoms with van der Waals surface area (Å²) in [4.78, 5) is 66.0. The topological polar surface area (TPSA) is 180 Å². The molecule has 1 aliphatic heterocycles. The van der Waals surface area contributed by atoms with Gasteiger partial charge in [0.1, 0.15) is 18.7 Å². The summed E-state index contributed by atoms with van der Waals surface area (Å²) in [5.41, 5.74) is 8.75. The number of alkyl carbamates (subject to hydrolysis) is 1. The number of rotatable bonds is 14. The fourth-order valence-electron chi connectivity index (χ4n) is 5.04. The molecule has 4 atom stereocenters. The van der Waals surface area contributed by atoms with Crippen LogP contribution in [0.4, 0.5) is 4.79 Å². The summed E-state index contributed by atoms with van der Waals surface area (Å²) >= 11 is 1.37. The molecule has 12 nitrogen and oxygen atoms in total. The maximum atomic E-state index is 13.7. The number of amides is 5. The van der Waals surface area contributed by atoms with Crippen molar-refractivity contribution in [1.29, 1.82) is 0 Å². The lowest BCUT2D eigenvalue weighted by molar-refractivity contribution is -0.146. The van der Waals surface area contributed by atoms with Crippen molar-refractivity contribution in [2.75, 3.05) is 11.6 Å². The molecule has 1 saturated heterocycles. The number of nitrogens with two attached hydrogens (primary N) is 1. The maximum Gasteiger partial charge on any atom is 0.408 e. The number of aliphatic hydroxyl groups is 1. The molecule has 1 aliphatic rings. The number of nitrogens with zero attached hydrogens (tertiary/aromatic N) is 1. The first kappa shape index (κ1) is 35.0. The number of thioether (sulfide) groups is 1. The normalized spacial score (nSPS) is 16.0. The first-order valence-electron chi connectivity index (χ1n) is 15.1. The van der Waals surface area contributed by atoms with E-state index in [-0.39, 0.29) is 31.4 Å². The lowest BCUT2D eigenvalue weighted by Gasteiger charge is -2.30. The molecule has 6 N–H and O–H groups in total. The van der Waals surface area contributed by atoms with Crippen LogP contribution in [-0.4, -0.2) is 75.6 Å². The van der Waals surface area contributed by atoms with E-state index in [0.29, 0.717) is 16.9 Å². The highest BCUT2D eigenvalue weighted by Gasteiger charge is 2.40. The second-order valence-electron chi connectivity index (χ2n) is 11.1. The predicted molar refractivity (Wildman–Crippen MR) is 176 cm³/mol. The average Bonchev–Trinajstić information content (AvgIpc) is 3.57. The van der Waals surface area contributed by atoms with Crippen molar-refractivity contribution in [1.82, 2.24) is 20.9 Å². The number of aliphatic hydroxyl groups excluding tert-OH is 1. The van der Waals surface area contributed by atoms with Crippen LogP contribution in [0.2, 0.25) is 0 Å². The molecule has 0 bridgehead atoms. The minimum Gasteiger partial charge on any atom is -0.445 e. The fraction of sp³-hybridized carbons (Fsp3) is 0.324. The van der Waals surface area contributed by atoms with Crippen LogP contribution in [0, 0.1) is 6.92 Å². The molecule has 248 valence electrons. The zero-order chi connectivity index (χ0) is 33.8. The number of benzene rings is 3. The van der Waals surface area contributed by atoms with Gasteiger partial charge in [0.2, 0.25) is 17.7 Å². The third kappa shape index (κ3) is 10.3. The molecule has 0 aliphatic carbocycles. The van der Waals surface area contributed by atoms with Gasteiger partial charge in [0.25, 0.3) is 5.91 Å². The Balaban J connectivity index is 1.46. The van der Waals surface area contributed by atoms with Crippen LogP contribution in [0.25, 0.3) is 0 Å². The average molecular weight is 662 g/mol. The second-order valence-corrected chi connectivity index (χ2v) is 12.1. The smallest absolute Gasteiger partial charge is 0.408 e. The number of carbonyl (C=O) groups excluding carboxylic acids is 5. The van der Waals surface area contributed by atoms with Crippen LogP contribution >= 0.6 is 11.8 Å². The van der Waals surface area contributed by atoms with E-state index in [1.54, 1.807) is 54.6 Å². The summed E-state index contributed by atoms with van der Waals surface area (Å²) in [6, 6.07) is 21.9. The highest BCUT2D eigenvalue weighted by Crippen LogP contribution is 2.23. The highest BCUT2D eigenvalue weighted by atomic mass is 32.2. The van der Waals surface area contributed by atoms with E-state index in [0.717, 1.165) is 11.1 Å². The van der Waals surface area contributed by atoms with Gasteiger partial charge in [-0.15, -0.1) is 11.8 Å². The Hall–Kier alpha value is -4.88. The number of carbonyl (C=O) groups is 5. The molecule has 3 aromatic rings. The quantitative estimate of drug-likeness (QED) is 0.173. The maximum absolute atomic E-state index is 13.7. The summed E-state index contributed by atoms with van der Waals surface area (Å²) in [7, 11) is 0. The molecule has 5 amide bonds. The van der Waals surface area contributed by atoms with Crippen molar-refractivity contribution >= 4 is 41.5 Å². The monoisotopic (exact) mass is 661 g/mol. The van der Waals surface area contributed by atoms with Crippen molar-refractivity contribution in [2.45, 2.75) is 57.1 Å². The first-order chi connectivity index (χ1) is 22.6. The Bertz CT molecular complexity index is 1540. The van der Waals surface area contributed by atoms with Gasteiger partial charge in [-0.3, -0.25) is 19.2 Å². The van der Waals surface area contributed by atoms with E-state index in [2.05, 4.69) is 16.0 Å². The van der Waals surface area contributed by atoms with E-state index in [1.165, 1.54) is 16.7 Å². The Kier molecular flexibility index (Phi) is 12.8. The number of primary amides is 1. The molecular weight excluding hydrogens is 622 g/mol. The van der Waals surface area contributed by atoms with Gasteiger partial charge in [0, 0.05) is 12.3 Å². The summed E-state index contributed by atoms with van der Waals surface area (Å²) in [6.07, 6.45) is -3.24. The van der Waals surface area contributed by atoms with Gasteiger partial charge in [0.15, 0.2) is 6.10 Å². The van der Waals surface area contributed by atoms with Crippen LogP contribution in [0.15, 0.2) is 84.9 Å². The molecule has 0 saturated carbocycles. The third-order valence-corrected chi connectivity index (χ3v) is 8.68. The number of ether oxygens (including phenoxy) is 1. The molecule has 1 fully saturated rings. The molecular formula is C34H39N5O7S. The van der Waals surface area contributed by atoms with E-state index >= 15 is 0 Å². The van der Waals surface area contributed by atoms with Gasteiger partial charge in [-0.2, -0.15) is 0 Å². The van der Waals surface area contributed by atoms with Crippen LogP contribution < -0.4 is 21.7 Å². The number of hydrogen-bond acceptors (Lipinski definition) is 8. The van der Waals surface area contributed by atoms with Gasteiger partial charge >= 0.3 is 6.09 Å². The fourth-order valence-corrected chi connectivity index (χ4v) is 6.20. The van der Waals surface area contributed by atoms with Crippen molar-refractivity contribution in [3.63, 3.8) is 0 Å². The zero-order valence-electron chi connectivity index (χ0n) is 26.0. The Labute approximate surface area is 277 Å². The van der Waals surface area contributed by atoms with E-state index in [9.17, 15) is 29.1 Å². The van der Waals surface area contributed by atoms with Crippen molar-refractivity contribution in [3.05, 3.63) is 107 Å². The minimum absolute atomic E-state index is 0.0341. The lowest BCUT2D eigenvalue weighted by atomic mass is 9.99. The summed E-state index contributed by atoms with van der Waals surface area (Å²) in [5.74, 6) is -2.31. The summed E-state index contributed by atoms with van der Waals surface area (Å²) in [5, 5.41) is 19.3. The number of nitrogens with one attached hydrogen (secondary N) is 3. The summed E-state index contributed by atoms with van der Waals surface area (Å²) in [6.45, 7) is 2.15. The SMILES string of the molecule is Cc1ccccc1CNC(=O)[C@@H]1CSCN1C(=O)[C@@H](O)[C@H](Cc1ccccc1)NC(=O)[C@H](CC(N)=O)NC(=O)OCc1ccccc1. The van der Waals surface area contributed by atoms with Crippen molar-refractivity contribution in [3.8, 4) is 0 Å². The molecule has 1 heterocycles. The molecule has 47 heavy (non-hydrogen) atoms. The highest BCUT2D eigenvalue weighted by molar-refractivity contribution is 7.99. The van der Waals surface area contributed by atoms with Crippen LogP contribution in [0.3, 0.4) is 0 Å². The Morgan fingerprint density at radius 2 is 1.57 bits per heavy atom. The molecule has 0 aromatic heterocycles. The van der Waals surface area contributed by atoms with Crippen molar-refractivity contribution in [2.24, 2.45) is 5.73 Å². The first-order valence-corrected chi connectivity index (χ1v) is 16.3. The number of aryl methyl sites for hydroxylation is 1. The van der Waals surface area contributed by atoms with Gasteiger partial charge < -0.3 is 36.4 Å². The van der Waals surface area contributed by atoms with E-state index in [1.807, 2.05) is 37.3 Å². The van der Waals surface area contributed by atoms with Crippen LogP contribution in [-0.2, 0) is 43.5 Å². The standard InChI is InChI=1S/C34H39N5O7S/c1-22-10-8-9-15-25(22)18-36-32(43)28-20-47-21-39(28)33(44)30(41)26(16-23-11-4-2-5-12-23)37-31(42)27(17-29(35)40)38-34(45)46-19-24-13-6-3-7-14-24/h2-15,26-28,30,41H,16-21H2,1H3,(H2,35,40)(H,36,43)(H,37,42)(H,38,45)/t26-,27-,28-,30-/m0/s1. The predicted octanol–water partition coefficient (Wildman–Crippen LogP) is 1.77. The summed E-state index contributed by atoms with van der Waals surface area (Å²) < 4.78 is 5.20. The molecule has 0 radical (unpaired) electrons. The van der Waals surface area contributed by atoms with Gasteiger partial charge in [-0.05, 0) is 35.6 Å². The molecule has 4 rings (SSSR count). The van der Waals surface area contributed by atoms with Crippen molar-refractivity contribution < 1.29 is 33.8 Å². The van der Waals surface area contributed by atoms with E-state index in [4.69, 9.17) is 10.5 Å². The lowest BCUT2D eigenvalue weighted by Crippen LogP contribution is -2.58. The van der Waals surface area contributed by atoms with Gasteiger partial charge in [0.05, 0.1) is 18.3 Å². The zero-order valence-corrected chi connectivity index (χ0v) is 26.8. The Morgan fingerprint density at radius 1 is 0.936 bits per heavy atom. The molecule has 3 aromatic carbocycles. The third-order valence-electron chi connectivity index (χ3n) is 7.67. The molecule has 13 heteroatoms. The van der Waals surface area contributed by atoms with Gasteiger partial charge in [-0.25, -0.2) is 4.79 Å². The van der Waals surface area contributed by atoms with Crippen LogP contribution in [0.5, 0.6) is 0 Å². The Morgan fingerprint density at radius 3 is 2.23 bits per heavy atom. The van der Waals surface area contributed by atoms with Gasteiger partial charge in [-0.1, -0.05) is 84.9 Å². The van der Waals surface area contributed by atoms with Crippen LogP contribution in [0.1, 0.15) is 28.7 Å². The molecule has 0 unspecified atom stereocenters. The number of hydrogen-bond donors (Lipinski definition) is 5.